The molecule has 0 spiro atoms. The number of benzene rings is 5. The second-order valence-electron chi connectivity index (χ2n) is 9.13. The van der Waals surface area contributed by atoms with E-state index in [4.69, 9.17) is 0 Å². The minimum Gasteiger partial charge on any atom is -0.225 e. The van der Waals surface area contributed by atoms with Gasteiger partial charge in [-0.2, -0.15) is 4.57 Å². The zero-order valence-electron chi connectivity index (χ0n) is 20.3. The molecule has 5 aromatic carbocycles. The maximum Gasteiger partial charge on any atom is 0.295 e. The van der Waals surface area contributed by atoms with Gasteiger partial charge in [0, 0.05) is 5.56 Å². The molecule has 1 heterocycles. The summed E-state index contributed by atoms with van der Waals surface area (Å²) in [5.74, 6) is 0.885. The van der Waals surface area contributed by atoms with Crippen molar-refractivity contribution in [1.29, 1.82) is 0 Å². The van der Waals surface area contributed by atoms with E-state index in [9.17, 15) is 4.39 Å². The van der Waals surface area contributed by atoms with Crippen LogP contribution in [0.25, 0.3) is 50.4 Å². The number of hydrogen-bond acceptors (Lipinski definition) is 0. The molecule has 36 heavy (non-hydrogen) atoms. The highest BCUT2D eigenvalue weighted by atomic mass is 19.1. The van der Waals surface area contributed by atoms with Crippen molar-refractivity contribution in [2.75, 3.05) is 0 Å². The third kappa shape index (κ3) is 3.70. The highest BCUT2D eigenvalue weighted by Crippen LogP contribution is 2.35. The highest BCUT2D eigenvalue weighted by Gasteiger charge is 2.28. The van der Waals surface area contributed by atoms with Crippen LogP contribution in [0.1, 0.15) is 5.56 Å². The molecular weight excluding hydrogens is 443 g/mol. The fraction of sp³-hybridized carbons (Fsp3) is 0.0606. The predicted molar refractivity (Wildman–Crippen MR) is 145 cm³/mol. The monoisotopic (exact) mass is 469 g/mol. The summed E-state index contributed by atoms with van der Waals surface area (Å²) in [7, 11) is 2.13. The quantitative estimate of drug-likeness (QED) is 0.232. The molecule has 0 bridgehead atoms. The molecule has 174 valence electrons. The molecule has 0 fully saturated rings. The standard InChI is InChI=1S/C33H26FN2/c1-23-10-6-7-13-28(23)33-35(2)31-21-18-26(24-16-19-27(34)20-17-24)22-32(31)36(33)30-15-9-8-14-29(30)25-11-4-3-5-12-25/h3-22H,1-2H3/q+1. The molecule has 0 saturated carbocycles. The molecule has 0 radical (unpaired) electrons. The minimum atomic E-state index is -0.228. The summed E-state index contributed by atoms with van der Waals surface area (Å²) in [6, 6.07) is 40.8. The zero-order chi connectivity index (χ0) is 24.6. The van der Waals surface area contributed by atoms with Crippen LogP contribution in [0.3, 0.4) is 0 Å². The second kappa shape index (κ2) is 8.94. The van der Waals surface area contributed by atoms with Crippen molar-refractivity contribution < 1.29 is 8.96 Å². The van der Waals surface area contributed by atoms with Crippen LogP contribution in [-0.4, -0.2) is 4.57 Å². The number of aryl methyl sites for hydroxylation is 2. The number of aromatic nitrogens is 2. The molecule has 6 rings (SSSR count). The molecular formula is C33H26FN2+. The lowest BCUT2D eigenvalue weighted by atomic mass is 10.0. The molecule has 1 aromatic heterocycles. The van der Waals surface area contributed by atoms with Crippen LogP contribution in [-0.2, 0) is 7.05 Å². The summed E-state index contributed by atoms with van der Waals surface area (Å²) in [6.07, 6.45) is 0. The molecule has 0 N–H and O–H groups in total. The van der Waals surface area contributed by atoms with E-state index >= 15 is 0 Å². The van der Waals surface area contributed by atoms with E-state index in [1.54, 1.807) is 0 Å². The van der Waals surface area contributed by atoms with E-state index in [0.717, 1.165) is 39.2 Å². The van der Waals surface area contributed by atoms with Gasteiger partial charge in [-0.25, -0.2) is 8.96 Å². The van der Waals surface area contributed by atoms with E-state index in [0.29, 0.717) is 0 Å². The maximum atomic E-state index is 13.6. The lowest BCUT2D eigenvalue weighted by Crippen LogP contribution is -2.30. The summed E-state index contributed by atoms with van der Waals surface area (Å²) in [4.78, 5) is 0. The Balaban J connectivity index is 1.71. The van der Waals surface area contributed by atoms with Gasteiger partial charge in [-0.1, -0.05) is 78.9 Å². The maximum absolute atomic E-state index is 13.6. The number of fused-ring (bicyclic) bond motifs is 1. The van der Waals surface area contributed by atoms with Crippen molar-refractivity contribution in [3.63, 3.8) is 0 Å². The molecule has 0 aliphatic rings. The van der Waals surface area contributed by atoms with Gasteiger partial charge in [0.25, 0.3) is 5.82 Å². The molecule has 0 amide bonds. The number of para-hydroxylation sites is 1. The molecule has 0 atom stereocenters. The summed E-state index contributed by atoms with van der Waals surface area (Å²) in [5, 5.41) is 0. The van der Waals surface area contributed by atoms with Gasteiger partial charge >= 0.3 is 0 Å². The first-order valence-electron chi connectivity index (χ1n) is 12.1. The van der Waals surface area contributed by atoms with Crippen molar-refractivity contribution in [1.82, 2.24) is 4.57 Å². The molecule has 2 nitrogen and oxygen atoms in total. The van der Waals surface area contributed by atoms with Crippen LogP contribution >= 0.6 is 0 Å². The summed E-state index contributed by atoms with van der Waals surface area (Å²) < 4.78 is 18.3. The van der Waals surface area contributed by atoms with E-state index < -0.39 is 0 Å². The van der Waals surface area contributed by atoms with E-state index in [1.165, 1.54) is 28.8 Å². The molecule has 0 aliphatic heterocycles. The van der Waals surface area contributed by atoms with Crippen LogP contribution in [0, 0.1) is 12.7 Å². The Hall–Kier alpha value is -4.50. The van der Waals surface area contributed by atoms with Crippen molar-refractivity contribution in [3.8, 4) is 39.3 Å². The lowest BCUT2D eigenvalue weighted by molar-refractivity contribution is -0.633. The lowest BCUT2D eigenvalue weighted by Gasteiger charge is -2.11. The number of halogens is 1. The SMILES string of the molecule is Cc1ccccc1-c1n(-c2ccccc2-c2ccccc2)c2cc(-c3ccc(F)cc3)ccc2[n+]1C. The van der Waals surface area contributed by atoms with E-state index in [2.05, 4.69) is 114 Å². The van der Waals surface area contributed by atoms with Gasteiger partial charge in [0.1, 0.15) is 11.5 Å². The van der Waals surface area contributed by atoms with Gasteiger partial charge in [0.05, 0.1) is 12.6 Å². The first-order valence-corrected chi connectivity index (χ1v) is 12.1. The Labute approximate surface area is 210 Å². The third-order valence-electron chi connectivity index (χ3n) is 6.90. The van der Waals surface area contributed by atoms with Crippen LogP contribution in [0.4, 0.5) is 4.39 Å². The largest absolute Gasteiger partial charge is 0.295 e. The molecule has 0 saturated heterocycles. The number of hydrogen-bond donors (Lipinski definition) is 0. The van der Waals surface area contributed by atoms with Crippen LogP contribution in [0.5, 0.6) is 0 Å². The summed E-state index contributed by atoms with van der Waals surface area (Å²) >= 11 is 0. The molecule has 0 aliphatic carbocycles. The number of rotatable bonds is 4. The Bertz CT molecular complexity index is 1700. The highest BCUT2D eigenvalue weighted by molar-refractivity contribution is 5.87. The first kappa shape index (κ1) is 22.0. The van der Waals surface area contributed by atoms with Crippen LogP contribution in [0.2, 0.25) is 0 Å². The average Bonchev–Trinajstić information content (AvgIpc) is 3.21. The molecule has 0 unspecified atom stereocenters. The van der Waals surface area contributed by atoms with Crippen molar-refractivity contribution in [2.24, 2.45) is 7.05 Å². The predicted octanol–water partition coefficient (Wildman–Crippen LogP) is 7.90. The van der Waals surface area contributed by atoms with Crippen LogP contribution < -0.4 is 4.57 Å². The van der Waals surface area contributed by atoms with E-state index in [-0.39, 0.29) is 5.82 Å². The smallest absolute Gasteiger partial charge is 0.225 e. The van der Waals surface area contributed by atoms with Crippen molar-refractivity contribution in [2.45, 2.75) is 6.92 Å². The topological polar surface area (TPSA) is 8.81 Å². The van der Waals surface area contributed by atoms with Crippen molar-refractivity contribution >= 4 is 11.0 Å². The normalized spacial score (nSPS) is 11.2. The average molecular weight is 470 g/mol. The fourth-order valence-electron chi connectivity index (χ4n) is 5.09. The van der Waals surface area contributed by atoms with Gasteiger partial charge < -0.3 is 0 Å². The minimum absolute atomic E-state index is 0.228. The third-order valence-corrected chi connectivity index (χ3v) is 6.90. The van der Waals surface area contributed by atoms with Gasteiger partial charge in [0.2, 0.25) is 0 Å². The summed E-state index contributed by atoms with van der Waals surface area (Å²) in [6.45, 7) is 2.16. The second-order valence-corrected chi connectivity index (χ2v) is 9.13. The Morgan fingerprint density at radius 2 is 1.25 bits per heavy atom. The number of imidazole rings is 1. The Morgan fingerprint density at radius 1 is 0.611 bits per heavy atom. The number of nitrogens with zero attached hydrogens (tertiary/aromatic N) is 2. The zero-order valence-corrected chi connectivity index (χ0v) is 20.3. The van der Waals surface area contributed by atoms with Gasteiger partial charge in [-0.15, -0.1) is 0 Å². The molecule has 6 aromatic rings. The summed E-state index contributed by atoms with van der Waals surface area (Å²) in [5.41, 5.74) is 10.1. The van der Waals surface area contributed by atoms with E-state index in [1.807, 2.05) is 18.2 Å². The Kier molecular flexibility index (Phi) is 5.46. The van der Waals surface area contributed by atoms with Gasteiger partial charge in [0.15, 0.2) is 11.0 Å². The fourth-order valence-corrected chi connectivity index (χ4v) is 5.09. The Morgan fingerprint density at radius 3 is 2.00 bits per heavy atom. The van der Waals surface area contributed by atoms with Crippen LogP contribution in [0.15, 0.2) is 121 Å². The van der Waals surface area contributed by atoms with Crippen molar-refractivity contribution in [3.05, 3.63) is 133 Å². The molecule has 3 heteroatoms. The van der Waals surface area contributed by atoms with Gasteiger partial charge in [-0.05, 0) is 71.6 Å². The van der Waals surface area contributed by atoms with Gasteiger partial charge in [-0.3, -0.25) is 0 Å². The first-order chi connectivity index (χ1) is 17.6.